The van der Waals surface area contributed by atoms with Gasteiger partial charge in [0.2, 0.25) is 0 Å². The van der Waals surface area contributed by atoms with Gasteiger partial charge in [-0.3, -0.25) is 0 Å². The van der Waals surface area contributed by atoms with Gasteiger partial charge in [0.05, 0.1) is 11.6 Å². The Morgan fingerprint density at radius 1 is 1.35 bits per heavy atom. The SMILES string of the molecule is Cl.N#Cc1ccc(F)c(O)c1[C@@H](N)C(F)(F)F. The second kappa shape index (κ2) is 5.21. The third-order valence-corrected chi connectivity index (χ3v) is 1.95. The maximum Gasteiger partial charge on any atom is 0.407 e. The molecule has 3 nitrogen and oxygen atoms in total. The smallest absolute Gasteiger partial charge is 0.407 e. The summed E-state index contributed by atoms with van der Waals surface area (Å²) in [4.78, 5) is 0. The van der Waals surface area contributed by atoms with E-state index in [9.17, 15) is 17.6 Å². The third-order valence-electron chi connectivity index (χ3n) is 1.95. The lowest BCUT2D eigenvalue weighted by atomic mass is 9.99. The fourth-order valence-corrected chi connectivity index (χ4v) is 1.16. The van der Waals surface area contributed by atoms with Crippen LogP contribution >= 0.6 is 12.4 Å². The van der Waals surface area contributed by atoms with Gasteiger partial charge in [0.15, 0.2) is 11.6 Å². The maximum absolute atomic E-state index is 12.9. The highest BCUT2D eigenvalue weighted by Gasteiger charge is 2.41. The number of nitrogens with zero attached hydrogens (tertiary/aromatic N) is 1. The van der Waals surface area contributed by atoms with Crippen LogP contribution in [0.25, 0.3) is 0 Å². The van der Waals surface area contributed by atoms with Crippen LogP contribution in [0.5, 0.6) is 5.75 Å². The van der Waals surface area contributed by atoms with Crippen LogP contribution in [0, 0.1) is 17.1 Å². The molecule has 0 saturated heterocycles. The molecule has 3 N–H and O–H groups in total. The average Bonchev–Trinajstić information content (AvgIpc) is 2.19. The number of phenols is 1. The summed E-state index contributed by atoms with van der Waals surface area (Å²) >= 11 is 0. The second-order valence-corrected chi connectivity index (χ2v) is 2.99. The molecule has 0 bridgehead atoms. The number of hydrogen-bond acceptors (Lipinski definition) is 3. The van der Waals surface area contributed by atoms with E-state index in [4.69, 9.17) is 16.1 Å². The van der Waals surface area contributed by atoms with Crippen LogP contribution in [0.15, 0.2) is 12.1 Å². The van der Waals surface area contributed by atoms with Crippen LogP contribution in [0.4, 0.5) is 17.6 Å². The first-order chi connectivity index (χ1) is 7.29. The first kappa shape index (κ1) is 15.5. The molecule has 0 fully saturated rings. The lowest BCUT2D eigenvalue weighted by molar-refractivity contribution is -0.149. The normalized spacial score (nSPS) is 12.5. The summed E-state index contributed by atoms with van der Waals surface area (Å²) < 4.78 is 49.7. The molecule has 0 radical (unpaired) electrons. The predicted molar refractivity (Wildman–Crippen MR) is 53.0 cm³/mol. The van der Waals surface area contributed by atoms with Crippen molar-refractivity contribution in [3.63, 3.8) is 0 Å². The number of phenolic OH excluding ortho intramolecular Hbond substituents is 1. The van der Waals surface area contributed by atoms with E-state index in [1.807, 2.05) is 0 Å². The molecular formula is C9H7ClF4N2O. The first-order valence-electron chi connectivity index (χ1n) is 4.02. The van der Waals surface area contributed by atoms with Gasteiger partial charge in [-0.2, -0.15) is 18.4 Å². The van der Waals surface area contributed by atoms with Gasteiger partial charge >= 0.3 is 6.18 Å². The molecule has 0 aliphatic rings. The highest BCUT2D eigenvalue weighted by molar-refractivity contribution is 5.85. The quantitative estimate of drug-likeness (QED) is 0.770. The third kappa shape index (κ3) is 2.99. The van der Waals surface area contributed by atoms with Gasteiger partial charge in [-0.1, -0.05) is 0 Å². The van der Waals surface area contributed by atoms with Gasteiger partial charge in [0.25, 0.3) is 0 Å². The minimum absolute atomic E-state index is 0. The van der Waals surface area contributed by atoms with E-state index in [0.29, 0.717) is 6.07 Å². The van der Waals surface area contributed by atoms with Gasteiger partial charge < -0.3 is 10.8 Å². The molecule has 0 aliphatic heterocycles. The van der Waals surface area contributed by atoms with Crippen molar-refractivity contribution in [2.75, 3.05) is 0 Å². The molecule has 1 rings (SSSR count). The summed E-state index contributed by atoms with van der Waals surface area (Å²) in [6.07, 6.45) is -4.86. The van der Waals surface area contributed by atoms with E-state index in [1.165, 1.54) is 6.07 Å². The van der Waals surface area contributed by atoms with Crippen LogP contribution in [-0.2, 0) is 0 Å². The molecule has 1 aromatic rings. The van der Waals surface area contributed by atoms with Gasteiger partial charge in [-0.15, -0.1) is 12.4 Å². The van der Waals surface area contributed by atoms with Crippen molar-refractivity contribution in [1.29, 1.82) is 5.26 Å². The van der Waals surface area contributed by atoms with E-state index < -0.39 is 34.9 Å². The van der Waals surface area contributed by atoms with E-state index in [-0.39, 0.29) is 12.4 Å². The molecule has 0 saturated carbocycles. The predicted octanol–water partition coefficient (Wildman–Crippen LogP) is 2.39. The van der Waals surface area contributed by atoms with E-state index >= 15 is 0 Å². The Labute approximate surface area is 99.9 Å². The van der Waals surface area contributed by atoms with E-state index in [2.05, 4.69) is 0 Å². The van der Waals surface area contributed by atoms with Crippen LogP contribution in [0.1, 0.15) is 17.2 Å². The van der Waals surface area contributed by atoms with Crippen molar-refractivity contribution in [2.24, 2.45) is 5.73 Å². The fraction of sp³-hybridized carbons (Fsp3) is 0.222. The van der Waals surface area contributed by atoms with Crippen LogP contribution in [-0.4, -0.2) is 11.3 Å². The number of alkyl halides is 3. The largest absolute Gasteiger partial charge is 0.505 e. The summed E-state index contributed by atoms with van der Waals surface area (Å²) in [5, 5.41) is 17.7. The van der Waals surface area contributed by atoms with Crippen molar-refractivity contribution < 1.29 is 22.7 Å². The topological polar surface area (TPSA) is 70.0 Å². The molecule has 0 heterocycles. The summed E-state index contributed by atoms with van der Waals surface area (Å²) in [7, 11) is 0. The zero-order valence-electron chi connectivity index (χ0n) is 8.12. The number of nitriles is 1. The molecule has 0 aliphatic carbocycles. The molecule has 0 aromatic heterocycles. The van der Waals surface area contributed by atoms with Crippen LogP contribution in [0.3, 0.4) is 0 Å². The summed E-state index contributed by atoms with van der Waals surface area (Å²) in [5.74, 6) is -2.50. The number of hydrogen-bond donors (Lipinski definition) is 2. The monoisotopic (exact) mass is 270 g/mol. The van der Waals surface area contributed by atoms with Crippen molar-refractivity contribution in [1.82, 2.24) is 0 Å². The van der Waals surface area contributed by atoms with Gasteiger partial charge in [-0.05, 0) is 12.1 Å². The number of rotatable bonds is 1. The number of nitrogens with two attached hydrogens (primary N) is 1. The number of halogens is 5. The lowest BCUT2D eigenvalue weighted by Crippen LogP contribution is -2.29. The fourth-order valence-electron chi connectivity index (χ4n) is 1.16. The first-order valence-corrected chi connectivity index (χ1v) is 4.02. The zero-order chi connectivity index (χ0) is 12.5. The number of aromatic hydroxyl groups is 1. The van der Waals surface area contributed by atoms with Gasteiger partial charge in [-0.25, -0.2) is 4.39 Å². The minimum atomic E-state index is -4.86. The van der Waals surface area contributed by atoms with Crippen molar-refractivity contribution >= 4 is 12.4 Å². The Morgan fingerprint density at radius 3 is 2.29 bits per heavy atom. The highest BCUT2D eigenvalue weighted by Crippen LogP contribution is 2.37. The highest BCUT2D eigenvalue weighted by atomic mass is 35.5. The molecule has 0 spiro atoms. The van der Waals surface area contributed by atoms with E-state index in [1.54, 1.807) is 0 Å². The molecule has 1 aromatic carbocycles. The Kier molecular flexibility index (Phi) is 4.74. The molecule has 17 heavy (non-hydrogen) atoms. The molecular weight excluding hydrogens is 264 g/mol. The summed E-state index contributed by atoms with van der Waals surface area (Å²) in [6, 6.07) is 0.335. The van der Waals surface area contributed by atoms with Crippen LogP contribution < -0.4 is 5.73 Å². The Morgan fingerprint density at radius 2 is 1.88 bits per heavy atom. The Bertz CT molecular complexity index is 456. The van der Waals surface area contributed by atoms with Gasteiger partial charge in [0.1, 0.15) is 6.04 Å². The zero-order valence-corrected chi connectivity index (χ0v) is 8.94. The molecule has 1 atom stereocenters. The van der Waals surface area contributed by atoms with Crippen molar-refractivity contribution in [3.05, 3.63) is 29.1 Å². The maximum atomic E-state index is 12.9. The Balaban J connectivity index is 0.00000256. The van der Waals surface area contributed by atoms with E-state index in [0.717, 1.165) is 6.07 Å². The molecule has 94 valence electrons. The Hall–Kier alpha value is -1.52. The molecule has 8 heteroatoms. The second-order valence-electron chi connectivity index (χ2n) is 2.99. The average molecular weight is 271 g/mol. The van der Waals surface area contributed by atoms with Crippen molar-refractivity contribution in [2.45, 2.75) is 12.2 Å². The molecule has 0 unspecified atom stereocenters. The van der Waals surface area contributed by atoms with Crippen molar-refractivity contribution in [3.8, 4) is 11.8 Å². The standard InChI is InChI=1S/C9H6F4N2O.ClH/c10-5-2-1-4(3-14)6(7(5)16)8(15)9(11,12)13;/h1-2,8,16H,15H2;1H/t8-;/m1./s1. The number of benzene rings is 1. The lowest BCUT2D eigenvalue weighted by Gasteiger charge is -2.18. The summed E-state index contributed by atoms with van der Waals surface area (Å²) in [6.45, 7) is 0. The summed E-state index contributed by atoms with van der Waals surface area (Å²) in [5.41, 5.74) is 3.36. The minimum Gasteiger partial charge on any atom is -0.505 e. The molecule has 0 amide bonds. The van der Waals surface area contributed by atoms with Gasteiger partial charge in [0, 0.05) is 5.56 Å². The van der Waals surface area contributed by atoms with Crippen LogP contribution in [0.2, 0.25) is 0 Å².